The first-order chi connectivity index (χ1) is 37.8. The molecule has 2 aliphatic carbocycles. The van der Waals surface area contributed by atoms with Crippen molar-refractivity contribution in [2.75, 3.05) is 133 Å². The van der Waals surface area contributed by atoms with Gasteiger partial charge in [-0.3, -0.25) is 38.7 Å². The van der Waals surface area contributed by atoms with Gasteiger partial charge in [-0.15, -0.1) is 0 Å². The number of fused-ring (bicyclic) bond motifs is 2. The quantitative estimate of drug-likeness (QED) is 0.0717. The van der Waals surface area contributed by atoms with Crippen LogP contribution in [0.3, 0.4) is 0 Å². The lowest BCUT2D eigenvalue weighted by molar-refractivity contribution is -0.151. The summed E-state index contributed by atoms with van der Waals surface area (Å²) in [7, 11) is 7.07. The summed E-state index contributed by atoms with van der Waals surface area (Å²) in [6, 6.07) is 12.5. The van der Waals surface area contributed by atoms with E-state index >= 15 is 0 Å². The van der Waals surface area contributed by atoms with Crippen LogP contribution in [-0.2, 0) is 19.2 Å². The van der Waals surface area contributed by atoms with Crippen molar-refractivity contribution in [1.29, 1.82) is 0 Å². The SMILES string of the molecule is CCC1CC2CCC(NC(=O)c3cc(-c4c(OC)cccc4OC)n(-c4ccc(C(=O)N(CCCNC(=O)CN5CCN(CC)CCN(CC(=O)O)CCN(CC(=O)O)CC5)CCCN(C)C)cc4C(C)C)n3)(C(=O)O)C(C1)C2. The van der Waals surface area contributed by atoms with Crippen molar-refractivity contribution < 1.29 is 53.6 Å². The van der Waals surface area contributed by atoms with E-state index in [1.54, 1.807) is 54.1 Å². The van der Waals surface area contributed by atoms with Gasteiger partial charge in [0.25, 0.3) is 11.8 Å². The number of amides is 3. The van der Waals surface area contributed by atoms with Crippen LogP contribution in [0.5, 0.6) is 11.5 Å². The number of nitrogens with zero attached hydrogens (tertiary/aromatic N) is 8. The number of hydrogen-bond donors (Lipinski definition) is 5. The number of rotatable bonds is 25. The number of carbonyl (C=O) groups excluding carboxylic acids is 3. The van der Waals surface area contributed by atoms with Crippen molar-refractivity contribution in [3.05, 3.63) is 59.3 Å². The highest BCUT2D eigenvalue weighted by molar-refractivity contribution is 5.98. The van der Waals surface area contributed by atoms with E-state index < -0.39 is 29.4 Å². The molecule has 0 radical (unpaired) electrons. The van der Waals surface area contributed by atoms with E-state index in [0.29, 0.717) is 137 Å². The molecule has 5 N–H and O–H groups in total. The molecule has 21 nitrogen and oxygen atoms in total. The van der Waals surface area contributed by atoms with Gasteiger partial charge in [0.1, 0.15) is 17.0 Å². The summed E-state index contributed by atoms with van der Waals surface area (Å²) in [5.41, 5.74) is 1.45. The Labute approximate surface area is 466 Å². The monoisotopic (exact) mass is 1100 g/mol. The molecule has 1 aromatic heterocycles. The molecular formula is C58H88N10O11. The van der Waals surface area contributed by atoms with Crippen LogP contribution in [0.25, 0.3) is 16.9 Å². The van der Waals surface area contributed by atoms with Crippen LogP contribution in [0, 0.1) is 17.8 Å². The number of carboxylic acids is 3. The van der Waals surface area contributed by atoms with Crippen molar-refractivity contribution in [3.63, 3.8) is 0 Å². The van der Waals surface area contributed by atoms with Crippen molar-refractivity contribution >= 4 is 35.6 Å². The molecule has 2 saturated carbocycles. The zero-order valence-corrected chi connectivity index (χ0v) is 48.0. The predicted octanol–water partition coefficient (Wildman–Crippen LogP) is 4.78. The third kappa shape index (κ3) is 16.7. The molecule has 2 bridgehead atoms. The fourth-order valence-electron chi connectivity index (χ4n) is 11.8. The van der Waals surface area contributed by atoms with Gasteiger partial charge in [-0.25, -0.2) is 9.48 Å². The van der Waals surface area contributed by atoms with Gasteiger partial charge in [-0.2, -0.15) is 5.10 Å². The lowest BCUT2D eigenvalue weighted by Crippen LogP contribution is -2.62. The minimum absolute atomic E-state index is 0.0270. The molecule has 2 aromatic carbocycles. The zero-order valence-electron chi connectivity index (χ0n) is 48.0. The maximum absolute atomic E-state index is 14.7. The minimum Gasteiger partial charge on any atom is -0.496 e. The van der Waals surface area contributed by atoms with Gasteiger partial charge in [0.2, 0.25) is 5.91 Å². The lowest BCUT2D eigenvalue weighted by Gasteiger charge is -2.49. The minimum atomic E-state index is -1.43. The lowest BCUT2D eigenvalue weighted by atomic mass is 9.59. The summed E-state index contributed by atoms with van der Waals surface area (Å²) in [5, 5.41) is 41.1. The fraction of sp³-hybridized carbons (Fsp3) is 0.638. The Morgan fingerprint density at radius 2 is 1.35 bits per heavy atom. The van der Waals surface area contributed by atoms with Crippen molar-refractivity contribution in [2.45, 2.75) is 90.5 Å². The normalized spacial score (nSPS) is 21.0. The summed E-state index contributed by atoms with van der Waals surface area (Å²) in [6.45, 7) is 14.7. The van der Waals surface area contributed by atoms with Crippen LogP contribution in [0.15, 0.2) is 42.5 Å². The van der Waals surface area contributed by atoms with Crippen LogP contribution in [0.2, 0.25) is 0 Å². The Morgan fingerprint density at radius 3 is 1.90 bits per heavy atom. The highest BCUT2D eigenvalue weighted by Gasteiger charge is 2.53. The largest absolute Gasteiger partial charge is 0.496 e. The van der Waals surface area contributed by atoms with Crippen LogP contribution >= 0.6 is 0 Å². The number of benzene rings is 2. The summed E-state index contributed by atoms with van der Waals surface area (Å²) in [4.78, 5) is 91.3. The molecule has 21 heteroatoms. The standard InChI is InChI=1S/C58H88N10O11/c1-9-41-32-42-18-19-58(57(76)77,44(33-41)34-42)60-55(74)46-36-48(54-49(78-7)14-11-15-50(54)79-8)68(61-46)47-17-16-43(35-45(47)40(3)4)56(75)67(23-13-21-62(5)6)22-12-20-59-51(69)37-64-26-24-63(10-2)25-27-65(38-52(70)71)30-31-66(29-28-64)39-53(72)73/h11,14-17,35-36,40-42,44H,9-10,12-13,18-34,37-39H2,1-8H3,(H,59,69)(H,60,74)(H,70,71)(H,72,73)(H,76,77). The number of ether oxygens (including phenoxy) is 2. The summed E-state index contributed by atoms with van der Waals surface area (Å²) in [6.07, 6.45) is 5.82. The maximum Gasteiger partial charge on any atom is 0.329 e. The van der Waals surface area contributed by atoms with Crippen LogP contribution in [0.4, 0.5) is 0 Å². The smallest absolute Gasteiger partial charge is 0.329 e. The molecule has 4 unspecified atom stereocenters. The molecule has 3 aliphatic rings. The van der Waals surface area contributed by atoms with Gasteiger partial charge in [0, 0.05) is 77.6 Å². The van der Waals surface area contributed by atoms with Gasteiger partial charge in [0.05, 0.1) is 50.8 Å². The highest BCUT2D eigenvalue weighted by Crippen LogP contribution is 2.49. The molecule has 3 fully saturated rings. The molecule has 4 atom stereocenters. The summed E-state index contributed by atoms with van der Waals surface area (Å²) < 4.78 is 13.4. The molecule has 436 valence electrons. The Kier molecular flexibility index (Phi) is 23.1. The molecule has 1 aliphatic heterocycles. The first-order valence-electron chi connectivity index (χ1n) is 28.3. The van der Waals surface area contributed by atoms with Crippen LogP contribution < -0.4 is 20.1 Å². The fourth-order valence-corrected chi connectivity index (χ4v) is 11.8. The van der Waals surface area contributed by atoms with E-state index in [9.17, 15) is 44.1 Å². The molecule has 3 amide bonds. The average molecular weight is 1100 g/mol. The first-order valence-corrected chi connectivity index (χ1v) is 28.3. The second-order valence-electron chi connectivity index (χ2n) is 22.3. The molecule has 0 spiro atoms. The number of likely N-dealkylation sites (N-methyl/N-ethyl adjacent to an activating group) is 1. The predicted molar refractivity (Wildman–Crippen MR) is 301 cm³/mol. The molecule has 2 heterocycles. The van der Waals surface area contributed by atoms with Crippen molar-refractivity contribution in [1.82, 2.24) is 49.8 Å². The van der Waals surface area contributed by atoms with Crippen LogP contribution in [-0.4, -0.2) is 229 Å². The molecule has 79 heavy (non-hydrogen) atoms. The topological polar surface area (TPSA) is 243 Å². The van der Waals surface area contributed by atoms with Crippen molar-refractivity contribution in [3.8, 4) is 28.4 Å². The van der Waals surface area contributed by atoms with E-state index in [1.807, 2.05) is 61.7 Å². The van der Waals surface area contributed by atoms with Crippen molar-refractivity contribution in [2.24, 2.45) is 17.8 Å². The van der Waals surface area contributed by atoms with E-state index in [0.717, 1.165) is 50.8 Å². The second kappa shape index (κ2) is 29.4. The van der Waals surface area contributed by atoms with Gasteiger partial charge < -0.3 is 50.1 Å². The zero-order chi connectivity index (χ0) is 57.4. The Morgan fingerprint density at radius 1 is 0.759 bits per heavy atom. The number of nitrogens with one attached hydrogen (secondary N) is 2. The van der Waals surface area contributed by atoms with Gasteiger partial charge >= 0.3 is 17.9 Å². The molecular weight excluding hydrogens is 1010 g/mol. The third-order valence-corrected chi connectivity index (χ3v) is 16.3. The van der Waals surface area contributed by atoms with Gasteiger partial charge in [-0.05, 0) is 138 Å². The Balaban J connectivity index is 1.22. The number of methoxy groups -OCH3 is 2. The van der Waals surface area contributed by atoms with E-state index in [-0.39, 0.29) is 49.0 Å². The number of carboxylic acid groups (broad SMARTS) is 3. The average Bonchev–Trinajstić information content (AvgIpc) is 4.13. The van der Waals surface area contributed by atoms with Crippen LogP contribution in [0.1, 0.15) is 111 Å². The van der Waals surface area contributed by atoms with Gasteiger partial charge in [-0.1, -0.05) is 40.2 Å². The number of aromatic nitrogens is 2. The molecule has 6 rings (SSSR count). The Hall–Kier alpha value is -6.13. The molecule has 3 aromatic rings. The third-order valence-electron chi connectivity index (χ3n) is 16.3. The number of carbonyl (C=O) groups is 6. The Bertz CT molecular complexity index is 2530. The summed E-state index contributed by atoms with van der Waals surface area (Å²) in [5.74, 6) is -2.43. The first kappa shape index (κ1) is 62.1. The maximum atomic E-state index is 14.7. The number of aliphatic carboxylic acids is 3. The molecule has 1 saturated heterocycles. The summed E-state index contributed by atoms with van der Waals surface area (Å²) >= 11 is 0. The van der Waals surface area contributed by atoms with Gasteiger partial charge in [0.15, 0.2) is 5.69 Å². The highest BCUT2D eigenvalue weighted by atomic mass is 16.5. The second-order valence-corrected chi connectivity index (χ2v) is 22.3. The number of hydrogen-bond acceptors (Lipinski definition) is 14. The van der Waals surface area contributed by atoms with E-state index in [4.69, 9.17) is 14.6 Å². The van der Waals surface area contributed by atoms with E-state index in [2.05, 4.69) is 27.4 Å². The van der Waals surface area contributed by atoms with E-state index in [1.165, 1.54) is 0 Å².